The average molecular weight is 707 g/mol. The van der Waals surface area contributed by atoms with Gasteiger partial charge in [-0.3, -0.25) is 9.10 Å². The summed E-state index contributed by atoms with van der Waals surface area (Å²) in [6.45, 7) is -0.384. The van der Waals surface area contributed by atoms with Crippen molar-refractivity contribution < 1.29 is 27.4 Å². The molecule has 9 nitrogen and oxygen atoms in total. The minimum absolute atomic E-state index is 0.0119. The second-order valence-corrected chi connectivity index (χ2v) is 12.4. The number of anilines is 1. The smallest absolute Gasteiger partial charge is 0.264 e. The number of benzene rings is 4. The first-order valence-corrected chi connectivity index (χ1v) is 15.6. The van der Waals surface area contributed by atoms with Crippen molar-refractivity contribution in [3.05, 3.63) is 111 Å². The zero-order valence-corrected chi connectivity index (χ0v) is 26.9. The maximum atomic E-state index is 13.6. The van der Waals surface area contributed by atoms with E-state index in [1.165, 1.54) is 44.7 Å². The first-order chi connectivity index (χ1) is 20.6. The molecule has 4 rings (SSSR count). The van der Waals surface area contributed by atoms with Crippen molar-refractivity contribution in [2.45, 2.75) is 11.5 Å². The van der Waals surface area contributed by atoms with Crippen molar-refractivity contribution in [1.29, 1.82) is 0 Å². The van der Waals surface area contributed by atoms with Crippen LogP contribution in [0.15, 0.2) is 99.4 Å². The van der Waals surface area contributed by atoms with Gasteiger partial charge in [0, 0.05) is 15.6 Å². The number of nitrogens with zero attached hydrogens (tertiary/aromatic N) is 2. The Labute approximate surface area is 268 Å². The number of amides is 1. The quantitative estimate of drug-likeness (QED) is 0.130. The number of ether oxygens (including phenoxy) is 3. The Balaban J connectivity index is 1.53. The van der Waals surface area contributed by atoms with Crippen LogP contribution >= 0.6 is 39.1 Å². The van der Waals surface area contributed by atoms with E-state index in [4.69, 9.17) is 37.4 Å². The third kappa shape index (κ3) is 7.99. The average Bonchev–Trinajstić information content (AvgIpc) is 3.00. The highest BCUT2D eigenvalue weighted by Gasteiger charge is 2.29. The molecule has 0 atom stereocenters. The largest absolute Gasteiger partial charge is 0.495 e. The van der Waals surface area contributed by atoms with Crippen molar-refractivity contribution in [3.63, 3.8) is 0 Å². The summed E-state index contributed by atoms with van der Waals surface area (Å²) < 4.78 is 45.5. The van der Waals surface area contributed by atoms with Crippen molar-refractivity contribution in [3.8, 4) is 17.2 Å². The molecule has 0 aliphatic carbocycles. The molecule has 0 fully saturated rings. The lowest BCUT2D eigenvalue weighted by atomic mass is 10.2. The van der Waals surface area contributed by atoms with E-state index < -0.39 is 22.5 Å². The van der Waals surface area contributed by atoms with Gasteiger partial charge in [-0.1, -0.05) is 59.6 Å². The Hall–Kier alpha value is -3.77. The topological polar surface area (TPSA) is 107 Å². The van der Waals surface area contributed by atoms with E-state index in [9.17, 15) is 13.2 Å². The van der Waals surface area contributed by atoms with Gasteiger partial charge in [0.25, 0.3) is 15.9 Å². The van der Waals surface area contributed by atoms with Crippen LogP contribution in [0.2, 0.25) is 10.0 Å². The van der Waals surface area contributed by atoms with Crippen molar-refractivity contribution in [1.82, 2.24) is 5.43 Å². The molecule has 224 valence electrons. The summed E-state index contributed by atoms with van der Waals surface area (Å²) in [5.41, 5.74) is 3.86. The third-order valence-electron chi connectivity index (χ3n) is 6.01. The van der Waals surface area contributed by atoms with Crippen LogP contribution in [-0.4, -0.2) is 41.3 Å². The Morgan fingerprint density at radius 1 is 0.953 bits per heavy atom. The number of sulfonamides is 1. The Morgan fingerprint density at radius 2 is 1.65 bits per heavy atom. The summed E-state index contributed by atoms with van der Waals surface area (Å²) >= 11 is 15.9. The summed E-state index contributed by atoms with van der Waals surface area (Å²) in [4.78, 5) is 13.0. The van der Waals surface area contributed by atoms with Gasteiger partial charge in [-0.05, 0) is 70.0 Å². The number of hydrazone groups is 1. The molecule has 0 spiro atoms. The normalized spacial score (nSPS) is 11.3. The molecule has 0 aromatic heterocycles. The maximum Gasteiger partial charge on any atom is 0.264 e. The monoisotopic (exact) mass is 705 g/mol. The molecule has 0 radical (unpaired) electrons. The summed E-state index contributed by atoms with van der Waals surface area (Å²) in [5, 5.41) is 4.87. The molecule has 0 saturated carbocycles. The Kier molecular flexibility index (Phi) is 10.9. The standard InChI is InChI=1S/C30H26BrCl2N3O6S/c1-40-27-13-12-22(32)16-26(27)36(43(38,39)23-9-4-3-5-10-23)18-29(37)35-34-17-20-14-24(31)30(28(15-20)41-2)42-19-21-8-6-7-11-25(21)33/h3-17H,18-19H2,1-2H3,(H,35,37)/b34-17-. The molecular weight excluding hydrogens is 681 g/mol. The minimum atomic E-state index is -4.19. The van der Waals surface area contributed by atoms with Crippen LogP contribution in [0.5, 0.6) is 17.2 Å². The van der Waals surface area contributed by atoms with Crippen molar-refractivity contribution >= 4 is 67.0 Å². The molecule has 0 aliphatic rings. The van der Waals surface area contributed by atoms with Gasteiger partial charge in [-0.2, -0.15) is 5.10 Å². The van der Waals surface area contributed by atoms with E-state index in [0.29, 0.717) is 26.6 Å². The summed E-state index contributed by atoms with van der Waals surface area (Å²) in [5.74, 6) is 0.390. The van der Waals surface area contributed by atoms with Crippen LogP contribution in [0.25, 0.3) is 0 Å². The summed E-state index contributed by atoms with van der Waals surface area (Å²) in [6.07, 6.45) is 1.39. The lowest BCUT2D eigenvalue weighted by Crippen LogP contribution is -2.39. The van der Waals surface area contributed by atoms with Crippen LogP contribution in [0, 0.1) is 0 Å². The fourth-order valence-electron chi connectivity index (χ4n) is 3.94. The number of carbonyl (C=O) groups is 1. The van der Waals surface area contributed by atoms with E-state index in [2.05, 4.69) is 26.5 Å². The van der Waals surface area contributed by atoms with Crippen LogP contribution in [0.1, 0.15) is 11.1 Å². The second-order valence-electron chi connectivity index (χ2n) is 8.85. The maximum absolute atomic E-state index is 13.6. The summed E-state index contributed by atoms with van der Waals surface area (Å²) in [7, 11) is -1.29. The van der Waals surface area contributed by atoms with Gasteiger partial charge in [-0.15, -0.1) is 0 Å². The number of hydrogen-bond acceptors (Lipinski definition) is 7. The van der Waals surface area contributed by atoms with Gasteiger partial charge >= 0.3 is 0 Å². The van der Waals surface area contributed by atoms with Gasteiger partial charge < -0.3 is 14.2 Å². The van der Waals surface area contributed by atoms with Gasteiger partial charge in [0.2, 0.25) is 0 Å². The van der Waals surface area contributed by atoms with E-state index in [1.807, 2.05) is 18.2 Å². The second kappa shape index (κ2) is 14.6. The summed E-state index contributed by atoms with van der Waals surface area (Å²) in [6, 6.07) is 23.0. The van der Waals surface area contributed by atoms with Crippen LogP contribution in [0.4, 0.5) is 5.69 Å². The lowest BCUT2D eigenvalue weighted by Gasteiger charge is -2.25. The first kappa shape index (κ1) is 32.2. The van der Waals surface area contributed by atoms with E-state index >= 15 is 0 Å². The molecule has 1 N–H and O–H groups in total. The third-order valence-corrected chi connectivity index (χ3v) is 8.98. The van der Waals surface area contributed by atoms with Crippen LogP contribution in [0.3, 0.4) is 0 Å². The van der Waals surface area contributed by atoms with E-state index in [1.54, 1.807) is 42.5 Å². The lowest BCUT2D eigenvalue weighted by molar-refractivity contribution is -0.119. The Morgan fingerprint density at radius 3 is 2.35 bits per heavy atom. The minimum Gasteiger partial charge on any atom is -0.495 e. The molecule has 0 aliphatic heterocycles. The van der Waals surface area contributed by atoms with Crippen LogP contribution in [-0.2, 0) is 21.4 Å². The van der Waals surface area contributed by atoms with Crippen molar-refractivity contribution in [2.24, 2.45) is 5.10 Å². The van der Waals surface area contributed by atoms with Gasteiger partial charge in [0.15, 0.2) is 11.5 Å². The van der Waals surface area contributed by atoms with Crippen molar-refractivity contribution in [2.75, 3.05) is 25.1 Å². The van der Waals surface area contributed by atoms with Gasteiger partial charge in [0.1, 0.15) is 18.9 Å². The molecular formula is C30H26BrCl2N3O6S. The molecule has 1 amide bonds. The fraction of sp³-hybridized carbons (Fsp3) is 0.133. The molecule has 0 bridgehead atoms. The molecule has 0 saturated heterocycles. The molecule has 43 heavy (non-hydrogen) atoms. The molecule has 13 heteroatoms. The van der Waals surface area contributed by atoms with Gasteiger partial charge in [-0.25, -0.2) is 13.8 Å². The SMILES string of the molecule is COc1ccc(Cl)cc1N(CC(=O)N/N=C\c1cc(Br)c(OCc2ccccc2Cl)c(OC)c1)S(=O)(=O)c1ccccc1. The van der Waals surface area contributed by atoms with Gasteiger partial charge in [0.05, 0.1) is 35.5 Å². The number of halogens is 3. The van der Waals surface area contributed by atoms with E-state index in [0.717, 1.165) is 9.87 Å². The number of rotatable bonds is 12. The van der Waals surface area contributed by atoms with E-state index in [-0.39, 0.29) is 28.0 Å². The highest BCUT2D eigenvalue weighted by Crippen LogP contribution is 2.37. The molecule has 4 aromatic rings. The number of methoxy groups -OCH3 is 2. The molecule has 0 heterocycles. The fourth-order valence-corrected chi connectivity index (χ4v) is 6.32. The number of carbonyl (C=O) groups excluding carboxylic acids is 1. The highest BCUT2D eigenvalue weighted by molar-refractivity contribution is 9.10. The predicted octanol–water partition coefficient (Wildman–Crippen LogP) is 6.70. The zero-order valence-electron chi connectivity index (χ0n) is 23.0. The molecule has 0 unspecified atom stereocenters. The zero-order chi connectivity index (χ0) is 31.0. The highest BCUT2D eigenvalue weighted by atomic mass is 79.9. The predicted molar refractivity (Wildman–Crippen MR) is 171 cm³/mol. The number of hydrogen-bond donors (Lipinski definition) is 1. The van der Waals surface area contributed by atoms with Crippen LogP contribution < -0.4 is 23.9 Å². The number of nitrogens with one attached hydrogen (secondary N) is 1. The molecule has 4 aromatic carbocycles. The first-order valence-electron chi connectivity index (χ1n) is 12.6. The Bertz CT molecular complexity index is 1740.